The second kappa shape index (κ2) is 5.79. The lowest BCUT2D eigenvalue weighted by molar-refractivity contribution is 0.174. The molecular weight excluding hydrogens is 272 g/mol. The van der Waals surface area contributed by atoms with Crippen molar-refractivity contribution in [3.8, 4) is 11.5 Å². The summed E-state index contributed by atoms with van der Waals surface area (Å²) in [6, 6.07) is 6.01. The van der Waals surface area contributed by atoms with Gasteiger partial charge in [0.15, 0.2) is 11.5 Å². The van der Waals surface area contributed by atoms with Crippen LogP contribution in [0.3, 0.4) is 0 Å². The van der Waals surface area contributed by atoms with Gasteiger partial charge in [-0.15, -0.1) is 0 Å². The molecule has 5 heteroatoms. The molecule has 0 spiro atoms. The van der Waals surface area contributed by atoms with Crippen molar-refractivity contribution < 1.29 is 9.47 Å². The fraction of sp³-hybridized carbons (Fsp3) is 0.400. The lowest BCUT2D eigenvalue weighted by Gasteiger charge is -2.13. The molecule has 1 aromatic carbocycles. The number of anilines is 1. The first-order chi connectivity index (χ1) is 9.78. The molecule has 1 atom stereocenters. The third kappa shape index (κ3) is 2.63. The molecular formula is C15H18N2O2S. The topological polar surface area (TPSA) is 43.4 Å². The summed E-state index contributed by atoms with van der Waals surface area (Å²) in [5.41, 5.74) is 0. The van der Waals surface area contributed by atoms with Crippen molar-refractivity contribution in [1.29, 1.82) is 0 Å². The first kappa shape index (κ1) is 13.4. The fourth-order valence-corrected chi connectivity index (χ4v) is 3.00. The van der Waals surface area contributed by atoms with Gasteiger partial charge in [0.2, 0.25) is 6.79 Å². The van der Waals surface area contributed by atoms with Gasteiger partial charge >= 0.3 is 0 Å². The molecule has 1 aliphatic heterocycles. The molecule has 1 aliphatic rings. The van der Waals surface area contributed by atoms with Crippen LogP contribution in [-0.2, 0) is 0 Å². The van der Waals surface area contributed by atoms with E-state index in [2.05, 4.69) is 23.5 Å². The maximum absolute atomic E-state index is 5.44. The summed E-state index contributed by atoms with van der Waals surface area (Å²) in [5, 5.41) is 5.63. The molecule has 0 saturated heterocycles. The first-order valence-corrected chi connectivity index (χ1v) is 8.08. The minimum Gasteiger partial charge on any atom is -0.454 e. The number of nitrogens with one attached hydrogen (secondary N) is 1. The Labute approximate surface area is 122 Å². The van der Waals surface area contributed by atoms with Crippen molar-refractivity contribution in [3.63, 3.8) is 0 Å². The Hall–Kier alpha value is -1.62. The van der Waals surface area contributed by atoms with Gasteiger partial charge in [-0.25, -0.2) is 4.98 Å². The Morgan fingerprint density at radius 3 is 2.95 bits per heavy atom. The van der Waals surface area contributed by atoms with Gasteiger partial charge in [0.1, 0.15) is 5.82 Å². The number of ether oxygens (including phenoxy) is 2. The number of hydrogen-bond donors (Lipinski definition) is 1. The van der Waals surface area contributed by atoms with Crippen molar-refractivity contribution in [3.05, 3.63) is 24.4 Å². The lowest BCUT2D eigenvalue weighted by atomic mass is 10.1. The number of thioether (sulfide) groups is 1. The minimum atomic E-state index is 0.298. The third-order valence-corrected chi connectivity index (χ3v) is 4.23. The van der Waals surface area contributed by atoms with E-state index in [9.17, 15) is 0 Å². The van der Waals surface area contributed by atoms with Gasteiger partial charge in [-0.05, 0) is 41.5 Å². The van der Waals surface area contributed by atoms with Crippen molar-refractivity contribution >= 4 is 28.4 Å². The van der Waals surface area contributed by atoms with E-state index in [4.69, 9.17) is 9.47 Å². The normalized spacial score (nSPS) is 14.5. The SMILES string of the molecule is CSCC(C)CNc1nccc2cc3c(cc12)OCO3. The van der Waals surface area contributed by atoms with Crippen LogP contribution in [-0.4, -0.2) is 30.3 Å². The predicted molar refractivity (Wildman–Crippen MR) is 83.9 cm³/mol. The highest BCUT2D eigenvalue weighted by Gasteiger charge is 2.16. The van der Waals surface area contributed by atoms with E-state index in [1.165, 1.54) is 0 Å². The molecule has 0 amide bonds. The summed E-state index contributed by atoms with van der Waals surface area (Å²) < 4.78 is 10.9. The molecule has 1 aromatic heterocycles. The van der Waals surface area contributed by atoms with E-state index in [-0.39, 0.29) is 0 Å². The number of benzene rings is 1. The third-order valence-electron chi connectivity index (χ3n) is 3.33. The molecule has 0 saturated carbocycles. The predicted octanol–water partition coefficient (Wildman–Crippen LogP) is 3.37. The standard InChI is InChI=1S/C15H18N2O2S/c1-10(8-20-2)7-17-15-12-6-14-13(18-9-19-14)5-11(12)3-4-16-15/h3-6,10H,7-9H2,1-2H3,(H,16,17). The molecule has 1 unspecified atom stereocenters. The molecule has 4 nitrogen and oxygen atoms in total. The zero-order valence-electron chi connectivity index (χ0n) is 11.7. The maximum atomic E-state index is 5.44. The molecule has 20 heavy (non-hydrogen) atoms. The summed E-state index contributed by atoms with van der Waals surface area (Å²) in [6.45, 7) is 3.46. The van der Waals surface area contributed by atoms with Crippen LogP contribution in [0.4, 0.5) is 5.82 Å². The summed E-state index contributed by atoms with van der Waals surface area (Å²) in [6.07, 6.45) is 3.96. The molecule has 0 bridgehead atoms. The van der Waals surface area contributed by atoms with Crippen LogP contribution >= 0.6 is 11.8 Å². The van der Waals surface area contributed by atoms with Gasteiger partial charge in [-0.1, -0.05) is 6.92 Å². The van der Waals surface area contributed by atoms with Crippen LogP contribution in [0.2, 0.25) is 0 Å². The highest BCUT2D eigenvalue weighted by atomic mass is 32.2. The van der Waals surface area contributed by atoms with E-state index >= 15 is 0 Å². The number of pyridine rings is 1. The molecule has 0 fully saturated rings. The number of nitrogens with zero attached hydrogens (tertiary/aromatic N) is 1. The van der Waals surface area contributed by atoms with Gasteiger partial charge < -0.3 is 14.8 Å². The van der Waals surface area contributed by atoms with Crippen molar-refractivity contribution in [2.24, 2.45) is 5.92 Å². The monoisotopic (exact) mass is 290 g/mol. The Kier molecular flexibility index (Phi) is 3.87. The van der Waals surface area contributed by atoms with Crippen molar-refractivity contribution in [2.75, 3.05) is 30.7 Å². The molecule has 1 N–H and O–H groups in total. The number of fused-ring (bicyclic) bond motifs is 2. The average molecular weight is 290 g/mol. The van der Waals surface area contributed by atoms with Crippen LogP contribution in [0.1, 0.15) is 6.92 Å². The lowest BCUT2D eigenvalue weighted by Crippen LogP contribution is -2.14. The zero-order chi connectivity index (χ0) is 13.9. The van der Waals surface area contributed by atoms with E-state index in [0.29, 0.717) is 12.7 Å². The smallest absolute Gasteiger partial charge is 0.231 e. The van der Waals surface area contributed by atoms with E-state index in [0.717, 1.165) is 40.4 Å². The summed E-state index contributed by atoms with van der Waals surface area (Å²) in [7, 11) is 0. The largest absolute Gasteiger partial charge is 0.454 e. The second-order valence-corrected chi connectivity index (χ2v) is 5.94. The number of hydrogen-bond acceptors (Lipinski definition) is 5. The van der Waals surface area contributed by atoms with Crippen LogP contribution in [0.25, 0.3) is 10.8 Å². The van der Waals surface area contributed by atoms with Crippen LogP contribution in [0, 0.1) is 5.92 Å². The van der Waals surface area contributed by atoms with Crippen LogP contribution < -0.4 is 14.8 Å². The molecule has 0 radical (unpaired) electrons. The van der Waals surface area contributed by atoms with Gasteiger partial charge in [0, 0.05) is 18.1 Å². The summed E-state index contributed by atoms with van der Waals surface area (Å²) in [4.78, 5) is 4.45. The zero-order valence-corrected chi connectivity index (χ0v) is 12.5. The Morgan fingerprint density at radius 2 is 2.15 bits per heavy atom. The Morgan fingerprint density at radius 1 is 1.35 bits per heavy atom. The Balaban J connectivity index is 1.87. The van der Waals surface area contributed by atoms with Gasteiger partial charge in [0.25, 0.3) is 0 Å². The van der Waals surface area contributed by atoms with Gasteiger partial charge in [-0.3, -0.25) is 0 Å². The van der Waals surface area contributed by atoms with Crippen LogP contribution in [0.15, 0.2) is 24.4 Å². The molecule has 2 aromatic rings. The molecule has 106 valence electrons. The Bertz CT molecular complexity index is 618. The van der Waals surface area contributed by atoms with E-state index < -0.39 is 0 Å². The van der Waals surface area contributed by atoms with Crippen LogP contribution in [0.5, 0.6) is 11.5 Å². The summed E-state index contributed by atoms with van der Waals surface area (Å²) >= 11 is 1.87. The maximum Gasteiger partial charge on any atom is 0.231 e. The minimum absolute atomic E-state index is 0.298. The highest BCUT2D eigenvalue weighted by molar-refractivity contribution is 7.98. The van der Waals surface area contributed by atoms with E-state index in [1.807, 2.05) is 36.2 Å². The fourth-order valence-electron chi connectivity index (χ4n) is 2.32. The molecule has 2 heterocycles. The van der Waals surface area contributed by atoms with Crippen molar-refractivity contribution in [2.45, 2.75) is 6.92 Å². The quantitative estimate of drug-likeness (QED) is 0.914. The van der Waals surface area contributed by atoms with E-state index in [1.54, 1.807) is 0 Å². The summed E-state index contributed by atoms with van der Waals surface area (Å²) in [5.74, 6) is 4.27. The number of rotatable bonds is 5. The first-order valence-electron chi connectivity index (χ1n) is 6.69. The van der Waals surface area contributed by atoms with Crippen molar-refractivity contribution in [1.82, 2.24) is 4.98 Å². The second-order valence-electron chi connectivity index (χ2n) is 5.03. The number of aromatic nitrogens is 1. The van der Waals surface area contributed by atoms with Gasteiger partial charge in [0.05, 0.1) is 0 Å². The highest BCUT2D eigenvalue weighted by Crippen LogP contribution is 2.37. The molecule has 0 aliphatic carbocycles. The molecule has 3 rings (SSSR count). The average Bonchev–Trinajstić information content (AvgIpc) is 2.90. The van der Waals surface area contributed by atoms with Gasteiger partial charge in [-0.2, -0.15) is 11.8 Å².